The Morgan fingerprint density at radius 1 is 1.00 bits per heavy atom. The molecule has 2 aromatic carbocycles. The van der Waals surface area contributed by atoms with Crippen molar-refractivity contribution in [1.82, 2.24) is 14.4 Å². The fraction of sp³-hybridized carbons (Fsp3) is 0.273. The zero-order valence-electron chi connectivity index (χ0n) is 15.8. The molecule has 2 heterocycles. The average Bonchev–Trinajstić information content (AvgIpc) is 2.71. The first kappa shape index (κ1) is 18.4. The molecule has 0 N–H and O–H groups in total. The highest BCUT2D eigenvalue weighted by Crippen LogP contribution is 2.15. The number of para-hydroxylation sites is 1. The number of aromatic nitrogens is 1. The van der Waals surface area contributed by atoms with Gasteiger partial charge in [0.15, 0.2) is 0 Å². The van der Waals surface area contributed by atoms with Gasteiger partial charge < -0.3 is 9.47 Å². The van der Waals surface area contributed by atoms with Crippen LogP contribution in [0, 0.1) is 5.82 Å². The number of hydrogen-bond acceptors (Lipinski definition) is 3. The summed E-state index contributed by atoms with van der Waals surface area (Å²) in [6, 6.07) is 15.8. The van der Waals surface area contributed by atoms with Gasteiger partial charge in [0, 0.05) is 39.8 Å². The van der Waals surface area contributed by atoms with Crippen molar-refractivity contribution in [2.75, 3.05) is 26.2 Å². The Balaban J connectivity index is 1.48. The highest BCUT2D eigenvalue weighted by atomic mass is 19.1. The first-order valence-corrected chi connectivity index (χ1v) is 9.38. The summed E-state index contributed by atoms with van der Waals surface area (Å²) in [5.74, 6) is -0.463. The third kappa shape index (κ3) is 3.55. The quantitative estimate of drug-likeness (QED) is 0.703. The SMILES string of the molecule is Cn1c(=O)c(C(=O)N2CCN(Cc3cccc(F)c3)CC2)cc2ccccc21. The van der Waals surface area contributed by atoms with Gasteiger partial charge in [-0.3, -0.25) is 14.5 Å². The summed E-state index contributed by atoms with van der Waals surface area (Å²) in [4.78, 5) is 29.6. The third-order valence-electron chi connectivity index (χ3n) is 5.32. The van der Waals surface area contributed by atoms with Gasteiger partial charge in [-0.05, 0) is 35.2 Å². The second-order valence-electron chi connectivity index (χ2n) is 7.18. The van der Waals surface area contributed by atoms with Crippen LogP contribution in [0.25, 0.3) is 10.9 Å². The molecule has 1 aromatic heterocycles. The van der Waals surface area contributed by atoms with Gasteiger partial charge in [0.2, 0.25) is 0 Å². The number of halogens is 1. The highest BCUT2D eigenvalue weighted by molar-refractivity contribution is 5.97. The number of amides is 1. The molecule has 6 heteroatoms. The van der Waals surface area contributed by atoms with Gasteiger partial charge in [0.1, 0.15) is 11.4 Å². The van der Waals surface area contributed by atoms with E-state index < -0.39 is 0 Å². The van der Waals surface area contributed by atoms with E-state index in [1.807, 2.05) is 30.3 Å². The monoisotopic (exact) mass is 379 g/mol. The van der Waals surface area contributed by atoms with Crippen LogP contribution < -0.4 is 5.56 Å². The van der Waals surface area contributed by atoms with Gasteiger partial charge in [-0.1, -0.05) is 30.3 Å². The Morgan fingerprint density at radius 2 is 1.75 bits per heavy atom. The number of rotatable bonds is 3. The van der Waals surface area contributed by atoms with E-state index in [-0.39, 0.29) is 22.8 Å². The fourth-order valence-electron chi connectivity index (χ4n) is 3.75. The van der Waals surface area contributed by atoms with Crippen molar-refractivity contribution >= 4 is 16.8 Å². The predicted molar refractivity (Wildman–Crippen MR) is 107 cm³/mol. The van der Waals surface area contributed by atoms with E-state index in [1.165, 1.54) is 16.7 Å². The van der Waals surface area contributed by atoms with Crippen molar-refractivity contribution in [2.45, 2.75) is 6.54 Å². The molecule has 28 heavy (non-hydrogen) atoms. The van der Waals surface area contributed by atoms with Crippen LogP contribution in [-0.4, -0.2) is 46.5 Å². The average molecular weight is 379 g/mol. The Hall–Kier alpha value is -2.99. The number of carbonyl (C=O) groups excluding carboxylic acids is 1. The minimum absolute atomic E-state index is 0.208. The molecule has 0 bridgehead atoms. The minimum Gasteiger partial charge on any atom is -0.336 e. The molecule has 1 aliphatic rings. The van der Waals surface area contributed by atoms with Crippen LogP contribution in [-0.2, 0) is 13.6 Å². The van der Waals surface area contributed by atoms with Crippen molar-refractivity contribution in [3.8, 4) is 0 Å². The number of benzene rings is 2. The lowest BCUT2D eigenvalue weighted by atomic mass is 10.1. The summed E-state index contributed by atoms with van der Waals surface area (Å²) in [5.41, 5.74) is 1.66. The van der Waals surface area contributed by atoms with E-state index in [1.54, 1.807) is 24.1 Å². The number of piperazine rings is 1. The zero-order valence-corrected chi connectivity index (χ0v) is 15.8. The van der Waals surface area contributed by atoms with Crippen LogP contribution in [0.5, 0.6) is 0 Å². The summed E-state index contributed by atoms with van der Waals surface area (Å²) in [6.07, 6.45) is 0. The molecule has 1 amide bonds. The maximum absolute atomic E-state index is 13.4. The fourth-order valence-corrected chi connectivity index (χ4v) is 3.75. The minimum atomic E-state index is -0.272. The highest BCUT2D eigenvalue weighted by Gasteiger charge is 2.25. The van der Waals surface area contributed by atoms with Crippen LogP contribution in [0.15, 0.2) is 59.4 Å². The molecule has 144 valence electrons. The number of pyridine rings is 1. The maximum atomic E-state index is 13.4. The number of hydrogen-bond donors (Lipinski definition) is 0. The third-order valence-corrected chi connectivity index (χ3v) is 5.32. The molecule has 0 aliphatic carbocycles. The number of fused-ring (bicyclic) bond motifs is 1. The van der Waals surface area contributed by atoms with E-state index in [0.29, 0.717) is 32.7 Å². The first-order chi connectivity index (χ1) is 13.5. The first-order valence-electron chi connectivity index (χ1n) is 9.38. The molecule has 3 aromatic rings. The van der Waals surface area contributed by atoms with Crippen molar-refractivity contribution in [3.63, 3.8) is 0 Å². The molecular formula is C22H22FN3O2. The van der Waals surface area contributed by atoms with E-state index >= 15 is 0 Å². The molecule has 0 spiro atoms. The molecule has 1 fully saturated rings. The van der Waals surface area contributed by atoms with Crippen molar-refractivity contribution in [1.29, 1.82) is 0 Å². The van der Waals surface area contributed by atoms with Crippen LogP contribution in [0.4, 0.5) is 4.39 Å². The van der Waals surface area contributed by atoms with Crippen molar-refractivity contribution in [3.05, 3.63) is 81.9 Å². The molecule has 4 rings (SSSR count). The second kappa shape index (κ2) is 7.56. The molecule has 0 atom stereocenters. The lowest BCUT2D eigenvalue weighted by molar-refractivity contribution is 0.0626. The zero-order chi connectivity index (χ0) is 19.7. The van der Waals surface area contributed by atoms with E-state index in [9.17, 15) is 14.0 Å². The molecule has 0 unspecified atom stereocenters. The van der Waals surface area contributed by atoms with Crippen molar-refractivity contribution < 1.29 is 9.18 Å². The summed E-state index contributed by atoms with van der Waals surface area (Å²) in [7, 11) is 1.69. The lowest BCUT2D eigenvalue weighted by Gasteiger charge is -2.34. The van der Waals surface area contributed by atoms with Gasteiger partial charge >= 0.3 is 0 Å². The smallest absolute Gasteiger partial charge is 0.263 e. The topological polar surface area (TPSA) is 45.6 Å². The van der Waals surface area contributed by atoms with E-state index in [2.05, 4.69) is 4.90 Å². The Bertz CT molecular complexity index is 1080. The second-order valence-corrected chi connectivity index (χ2v) is 7.18. The predicted octanol–water partition coefficient (Wildman–Crippen LogP) is 2.64. The largest absolute Gasteiger partial charge is 0.336 e. The molecule has 0 radical (unpaired) electrons. The Labute approximate surface area is 162 Å². The molecular weight excluding hydrogens is 357 g/mol. The van der Waals surface area contributed by atoms with Gasteiger partial charge in [0.25, 0.3) is 11.5 Å². The van der Waals surface area contributed by atoms with Gasteiger partial charge in [-0.25, -0.2) is 4.39 Å². The number of nitrogens with zero attached hydrogens (tertiary/aromatic N) is 3. The summed E-state index contributed by atoms with van der Waals surface area (Å²) in [5, 5.41) is 0.873. The van der Waals surface area contributed by atoms with Gasteiger partial charge in [-0.15, -0.1) is 0 Å². The Kier molecular flexibility index (Phi) is 4.96. The molecule has 5 nitrogen and oxygen atoms in total. The normalized spacial score (nSPS) is 15.1. The van der Waals surface area contributed by atoms with Crippen LogP contribution in [0.1, 0.15) is 15.9 Å². The number of aryl methyl sites for hydroxylation is 1. The lowest BCUT2D eigenvalue weighted by Crippen LogP contribution is -2.49. The summed E-state index contributed by atoms with van der Waals surface area (Å²) < 4.78 is 14.9. The molecule has 0 saturated carbocycles. The Morgan fingerprint density at radius 3 is 2.50 bits per heavy atom. The van der Waals surface area contributed by atoms with Crippen LogP contribution in [0.3, 0.4) is 0 Å². The van der Waals surface area contributed by atoms with Crippen LogP contribution >= 0.6 is 0 Å². The molecule has 1 saturated heterocycles. The summed E-state index contributed by atoms with van der Waals surface area (Å²) >= 11 is 0. The molecule has 1 aliphatic heterocycles. The van der Waals surface area contributed by atoms with Crippen LogP contribution in [0.2, 0.25) is 0 Å². The maximum Gasteiger partial charge on any atom is 0.263 e. The van der Waals surface area contributed by atoms with E-state index in [4.69, 9.17) is 0 Å². The van der Waals surface area contributed by atoms with Crippen molar-refractivity contribution in [2.24, 2.45) is 7.05 Å². The summed E-state index contributed by atoms with van der Waals surface area (Å²) in [6.45, 7) is 3.12. The van der Waals surface area contributed by atoms with E-state index in [0.717, 1.165) is 16.5 Å². The van der Waals surface area contributed by atoms with Gasteiger partial charge in [-0.2, -0.15) is 0 Å². The standard InChI is InChI=1S/C22H22FN3O2/c1-24-20-8-3-2-6-17(20)14-19(21(24)27)22(28)26-11-9-25(10-12-26)15-16-5-4-7-18(23)13-16/h2-8,13-14H,9-12,15H2,1H3. The van der Waals surface area contributed by atoms with Gasteiger partial charge in [0.05, 0.1) is 5.52 Å². The number of carbonyl (C=O) groups is 1.